The van der Waals surface area contributed by atoms with E-state index in [1.54, 1.807) is 6.26 Å². The first-order valence-electron chi connectivity index (χ1n) is 8.01. The quantitative estimate of drug-likeness (QED) is 0.862. The van der Waals surface area contributed by atoms with Gasteiger partial charge in [0.2, 0.25) is 0 Å². The van der Waals surface area contributed by atoms with Gasteiger partial charge in [0.05, 0.1) is 18.3 Å². The summed E-state index contributed by atoms with van der Waals surface area (Å²) in [4.78, 5) is 14.8. The fourth-order valence-electron chi connectivity index (χ4n) is 3.45. The van der Waals surface area contributed by atoms with Crippen molar-refractivity contribution in [1.82, 2.24) is 4.90 Å². The summed E-state index contributed by atoms with van der Waals surface area (Å²) >= 11 is 0. The molecule has 0 saturated carbocycles. The summed E-state index contributed by atoms with van der Waals surface area (Å²) in [6, 6.07) is 5.54. The van der Waals surface area contributed by atoms with Crippen LogP contribution in [0.3, 0.4) is 0 Å². The van der Waals surface area contributed by atoms with Crippen molar-refractivity contribution in [2.45, 2.75) is 27.2 Å². The third-order valence-corrected chi connectivity index (χ3v) is 4.24. The van der Waals surface area contributed by atoms with Crippen LogP contribution < -0.4 is 4.74 Å². The average Bonchev–Trinajstić information content (AvgIpc) is 2.94. The van der Waals surface area contributed by atoms with Crippen LogP contribution in [-0.2, 0) is 0 Å². The third-order valence-electron chi connectivity index (χ3n) is 4.24. The van der Waals surface area contributed by atoms with E-state index in [4.69, 9.17) is 9.15 Å². The summed E-state index contributed by atoms with van der Waals surface area (Å²) in [6.07, 6.45) is 2.82. The number of fused-ring (bicyclic) bond motifs is 1. The van der Waals surface area contributed by atoms with Crippen molar-refractivity contribution in [2.24, 2.45) is 11.8 Å². The third kappa shape index (κ3) is 2.82. The molecule has 22 heavy (non-hydrogen) atoms. The standard InChI is InChI=1S/C18H23NO3/c1-4-21-16-8-14(9-17-15(16)5-6-22-17)18(20)19-10-12(2)7-13(3)11-19/h5-6,8-9,12-13H,4,7,10-11H2,1-3H3/t12-,13+. The Labute approximate surface area is 131 Å². The van der Waals surface area contributed by atoms with Gasteiger partial charge in [0, 0.05) is 18.7 Å². The number of hydrogen-bond donors (Lipinski definition) is 0. The molecule has 118 valence electrons. The molecular formula is C18H23NO3. The van der Waals surface area contributed by atoms with Gasteiger partial charge in [-0.2, -0.15) is 0 Å². The van der Waals surface area contributed by atoms with Gasteiger partial charge in [-0.3, -0.25) is 4.79 Å². The van der Waals surface area contributed by atoms with E-state index >= 15 is 0 Å². The lowest BCUT2D eigenvalue weighted by atomic mass is 9.91. The molecule has 1 amide bonds. The van der Waals surface area contributed by atoms with E-state index in [-0.39, 0.29) is 5.91 Å². The smallest absolute Gasteiger partial charge is 0.254 e. The maximum atomic E-state index is 12.8. The summed E-state index contributed by atoms with van der Waals surface area (Å²) in [7, 11) is 0. The van der Waals surface area contributed by atoms with Gasteiger partial charge in [0.15, 0.2) is 0 Å². The van der Waals surface area contributed by atoms with Gasteiger partial charge >= 0.3 is 0 Å². The number of furan rings is 1. The number of piperidine rings is 1. The molecular weight excluding hydrogens is 278 g/mol. The van der Waals surface area contributed by atoms with Crippen LogP contribution in [-0.4, -0.2) is 30.5 Å². The molecule has 0 radical (unpaired) electrons. The summed E-state index contributed by atoms with van der Waals surface area (Å²) in [6.45, 7) is 8.56. The predicted octanol–water partition coefficient (Wildman–Crippen LogP) is 3.95. The lowest BCUT2D eigenvalue weighted by Crippen LogP contribution is -2.42. The number of ether oxygens (including phenoxy) is 1. The first-order chi connectivity index (χ1) is 10.6. The molecule has 2 heterocycles. The molecule has 0 aliphatic carbocycles. The van der Waals surface area contributed by atoms with Crippen molar-refractivity contribution >= 4 is 16.9 Å². The van der Waals surface area contributed by atoms with Crippen LogP contribution in [0.2, 0.25) is 0 Å². The molecule has 0 spiro atoms. The number of carbonyl (C=O) groups excluding carboxylic acids is 1. The summed E-state index contributed by atoms with van der Waals surface area (Å²) in [5.41, 5.74) is 1.35. The van der Waals surface area contributed by atoms with E-state index in [0.717, 1.165) is 24.2 Å². The van der Waals surface area contributed by atoms with E-state index in [1.165, 1.54) is 6.42 Å². The summed E-state index contributed by atoms with van der Waals surface area (Å²) in [5, 5.41) is 0.916. The highest BCUT2D eigenvalue weighted by Gasteiger charge is 2.27. The van der Waals surface area contributed by atoms with Crippen molar-refractivity contribution in [2.75, 3.05) is 19.7 Å². The minimum absolute atomic E-state index is 0.0673. The van der Waals surface area contributed by atoms with Gasteiger partial charge in [-0.05, 0) is 43.4 Å². The number of rotatable bonds is 3. The molecule has 0 N–H and O–H groups in total. The fraction of sp³-hybridized carbons (Fsp3) is 0.500. The zero-order valence-electron chi connectivity index (χ0n) is 13.5. The van der Waals surface area contributed by atoms with Crippen molar-refractivity contribution in [3.8, 4) is 5.75 Å². The van der Waals surface area contributed by atoms with Gasteiger partial charge in [0.25, 0.3) is 5.91 Å². The van der Waals surface area contributed by atoms with Gasteiger partial charge in [-0.25, -0.2) is 0 Å². The molecule has 3 rings (SSSR count). The zero-order chi connectivity index (χ0) is 15.7. The number of carbonyl (C=O) groups is 1. The zero-order valence-corrected chi connectivity index (χ0v) is 13.5. The molecule has 4 heteroatoms. The molecule has 1 aliphatic rings. The average molecular weight is 301 g/mol. The molecule has 2 atom stereocenters. The highest BCUT2D eigenvalue weighted by Crippen LogP contribution is 2.30. The Bertz CT molecular complexity index is 666. The van der Waals surface area contributed by atoms with Crippen molar-refractivity contribution < 1.29 is 13.9 Å². The first-order valence-corrected chi connectivity index (χ1v) is 8.01. The molecule has 1 saturated heterocycles. The van der Waals surface area contributed by atoms with Gasteiger partial charge in [0.1, 0.15) is 11.3 Å². The maximum absolute atomic E-state index is 12.8. The van der Waals surface area contributed by atoms with E-state index in [9.17, 15) is 4.79 Å². The molecule has 1 aliphatic heterocycles. The van der Waals surface area contributed by atoms with Crippen LogP contribution >= 0.6 is 0 Å². The van der Waals surface area contributed by atoms with Crippen LogP contribution in [0.1, 0.15) is 37.6 Å². The van der Waals surface area contributed by atoms with Crippen LogP contribution in [0.4, 0.5) is 0 Å². The number of benzene rings is 1. The van der Waals surface area contributed by atoms with Crippen molar-refractivity contribution in [3.63, 3.8) is 0 Å². The van der Waals surface area contributed by atoms with Crippen LogP contribution in [0, 0.1) is 11.8 Å². The molecule has 1 fully saturated rings. The van der Waals surface area contributed by atoms with Crippen LogP contribution in [0.25, 0.3) is 11.0 Å². The molecule has 1 aromatic heterocycles. The van der Waals surface area contributed by atoms with E-state index in [0.29, 0.717) is 29.6 Å². The molecule has 0 unspecified atom stereocenters. The summed E-state index contributed by atoms with van der Waals surface area (Å²) < 4.78 is 11.1. The molecule has 0 bridgehead atoms. The highest BCUT2D eigenvalue weighted by atomic mass is 16.5. The Kier molecular flexibility index (Phi) is 4.10. The Morgan fingerprint density at radius 2 is 2.05 bits per heavy atom. The first kappa shape index (κ1) is 14.9. The van der Waals surface area contributed by atoms with E-state index in [2.05, 4.69) is 13.8 Å². The minimum atomic E-state index is 0.0673. The molecule has 2 aromatic rings. The van der Waals surface area contributed by atoms with Gasteiger partial charge in [-0.1, -0.05) is 13.8 Å². The van der Waals surface area contributed by atoms with Crippen LogP contribution in [0.5, 0.6) is 5.75 Å². The Morgan fingerprint density at radius 1 is 1.32 bits per heavy atom. The SMILES string of the molecule is CCOc1cc(C(=O)N2C[C@H](C)C[C@H](C)C2)cc2occc12. The van der Waals surface area contributed by atoms with Gasteiger partial charge < -0.3 is 14.1 Å². The second-order valence-electron chi connectivity index (χ2n) is 6.40. The minimum Gasteiger partial charge on any atom is -0.493 e. The largest absolute Gasteiger partial charge is 0.493 e. The predicted molar refractivity (Wildman–Crippen MR) is 86.2 cm³/mol. The normalized spacial score (nSPS) is 22.0. The molecule has 1 aromatic carbocycles. The monoisotopic (exact) mass is 301 g/mol. The lowest BCUT2D eigenvalue weighted by molar-refractivity contribution is 0.0623. The second kappa shape index (κ2) is 6.03. The van der Waals surface area contributed by atoms with Crippen molar-refractivity contribution in [1.29, 1.82) is 0 Å². The van der Waals surface area contributed by atoms with Gasteiger partial charge in [-0.15, -0.1) is 0 Å². The van der Waals surface area contributed by atoms with Crippen molar-refractivity contribution in [3.05, 3.63) is 30.0 Å². The van der Waals surface area contributed by atoms with E-state index < -0.39 is 0 Å². The second-order valence-corrected chi connectivity index (χ2v) is 6.40. The number of likely N-dealkylation sites (tertiary alicyclic amines) is 1. The summed E-state index contributed by atoms with van der Waals surface area (Å²) in [5.74, 6) is 1.88. The number of hydrogen-bond acceptors (Lipinski definition) is 3. The van der Waals surface area contributed by atoms with Crippen LogP contribution in [0.15, 0.2) is 28.9 Å². The Hall–Kier alpha value is -1.97. The topological polar surface area (TPSA) is 42.7 Å². The lowest BCUT2D eigenvalue weighted by Gasteiger charge is -2.35. The fourth-order valence-corrected chi connectivity index (χ4v) is 3.45. The highest BCUT2D eigenvalue weighted by molar-refractivity contribution is 5.99. The Balaban J connectivity index is 1.93. The van der Waals surface area contributed by atoms with E-state index in [1.807, 2.05) is 30.0 Å². The number of amides is 1. The molecule has 4 nitrogen and oxygen atoms in total. The Morgan fingerprint density at radius 3 is 2.73 bits per heavy atom. The maximum Gasteiger partial charge on any atom is 0.254 e. The number of nitrogens with zero attached hydrogens (tertiary/aromatic N) is 1.